The Kier molecular flexibility index (Phi) is 6.51. The van der Waals surface area contributed by atoms with Gasteiger partial charge in [0.1, 0.15) is 0 Å². The van der Waals surface area contributed by atoms with Crippen molar-refractivity contribution in [3.63, 3.8) is 0 Å². The van der Waals surface area contributed by atoms with E-state index in [-0.39, 0.29) is 17.4 Å². The van der Waals surface area contributed by atoms with E-state index in [4.69, 9.17) is 5.11 Å². The average Bonchev–Trinajstić information content (AvgIpc) is 2.10. The van der Waals surface area contributed by atoms with Gasteiger partial charge in [-0.05, 0) is 26.8 Å². The monoisotopic (exact) mass is 237 g/mol. The van der Waals surface area contributed by atoms with Crippen LogP contribution in [0.2, 0.25) is 0 Å². The van der Waals surface area contributed by atoms with E-state index in [1.165, 1.54) is 0 Å². The first-order valence-electron chi connectivity index (χ1n) is 5.00. The molecule has 0 unspecified atom stereocenters. The zero-order chi connectivity index (χ0) is 11.9. The molecule has 0 aliphatic rings. The smallest absolute Gasteiger partial charge is 0.303 e. The van der Waals surface area contributed by atoms with E-state index in [2.05, 4.69) is 5.32 Å². The molecule has 90 valence electrons. The van der Waals surface area contributed by atoms with Crippen molar-refractivity contribution in [2.24, 2.45) is 0 Å². The fourth-order valence-corrected chi connectivity index (χ4v) is 1.84. The van der Waals surface area contributed by atoms with Crippen molar-refractivity contribution in [2.45, 2.75) is 31.9 Å². The lowest BCUT2D eigenvalue weighted by molar-refractivity contribution is -0.137. The molecule has 0 aromatic carbocycles. The van der Waals surface area contributed by atoms with Gasteiger partial charge in [-0.15, -0.1) is 0 Å². The number of hydrogen-bond acceptors (Lipinski definition) is 4. The summed E-state index contributed by atoms with van der Waals surface area (Å²) in [5.74, 6) is -0.718. The van der Waals surface area contributed by atoms with E-state index in [0.29, 0.717) is 19.5 Å². The van der Waals surface area contributed by atoms with Gasteiger partial charge < -0.3 is 10.4 Å². The van der Waals surface area contributed by atoms with Crippen LogP contribution in [-0.4, -0.2) is 43.6 Å². The highest BCUT2D eigenvalue weighted by Crippen LogP contribution is 1.99. The molecule has 5 nitrogen and oxygen atoms in total. The molecule has 0 saturated carbocycles. The number of carboxylic acid groups (broad SMARTS) is 1. The summed E-state index contributed by atoms with van der Waals surface area (Å²) in [7, 11) is -2.98. The van der Waals surface area contributed by atoms with Crippen molar-refractivity contribution in [3.05, 3.63) is 0 Å². The number of aliphatic carboxylic acids is 1. The van der Waals surface area contributed by atoms with Gasteiger partial charge in [0.25, 0.3) is 0 Å². The predicted octanol–water partition coefficient (Wildman–Crippen LogP) is 0.264. The Labute approximate surface area is 90.8 Å². The third-order valence-corrected chi connectivity index (χ3v) is 4.24. The van der Waals surface area contributed by atoms with Crippen molar-refractivity contribution in [1.82, 2.24) is 5.32 Å². The number of carboxylic acids is 1. The lowest BCUT2D eigenvalue weighted by Crippen LogP contribution is -2.28. The van der Waals surface area contributed by atoms with Crippen LogP contribution in [0, 0.1) is 0 Å². The lowest BCUT2D eigenvalue weighted by atomic mass is 10.3. The van der Waals surface area contributed by atoms with Gasteiger partial charge in [0, 0.05) is 13.0 Å². The SMILES string of the molecule is CC(C)S(=O)(=O)CCNCCCC(=O)O. The fourth-order valence-electron chi connectivity index (χ4n) is 0.940. The summed E-state index contributed by atoms with van der Waals surface area (Å²) < 4.78 is 22.7. The zero-order valence-corrected chi connectivity index (χ0v) is 10.0. The van der Waals surface area contributed by atoms with E-state index in [1.807, 2.05) is 0 Å². The van der Waals surface area contributed by atoms with Gasteiger partial charge in [0.05, 0.1) is 11.0 Å². The van der Waals surface area contributed by atoms with Gasteiger partial charge in [-0.2, -0.15) is 0 Å². The molecular formula is C9H19NO4S. The molecule has 0 spiro atoms. The van der Waals surface area contributed by atoms with Crippen molar-refractivity contribution in [1.29, 1.82) is 0 Å². The minimum atomic E-state index is -2.98. The molecule has 0 rings (SSSR count). The third-order valence-electron chi connectivity index (χ3n) is 2.03. The first-order chi connectivity index (χ1) is 6.86. The van der Waals surface area contributed by atoms with Crippen LogP contribution in [-0.2, 0) is 14.6 Å². The van der Waals surface area contributed by atoms with E-state index in [1.54, 1.807) is 13.8 Å². The Balaban J connectivity index is 3.51. The van der Waals surface area contributed by atoms with E-state index in [9.17, 15) is 13.2 Å². The molecule has 0 atom stereocenters. The summed E-state index contributed by atoms with van der Waals surface area (Å²) in [6.07, 6.45) is 0.640. The average molecular weight is 237 g/mol. The largest absolute Gasteiger partial charge is 0.481 e. The Morgan fingerprint density at radius 2 is 1.93 bits per heavy atom. The Morgan fingerprint density at radius 1 is 1.33 bits per heavy atom. The normalized spacial score (nSPS) is 11.9. The van der Waals surface area contributed by atoms with Gasteiger partial charge in [-0.1, -0.05) is 0 Å². The number of carbonyl (C=O) groups is 1. The highest BCUT2D eigenvalue weighted by molar-refractivity contribution is 7.92. The molecule has 0 fully saturated rings. The van der Waals surface area contributed by atoms with E-state index in [0.717, 1.165) is 0 Å². The van der Waals surface area contributed by atoms with Crippen LogP contribution in [0.15, 0.2) is 0 Å². The minimum Gasteiger partial charge on any atom is -0.481 e. The molecule has 6 heteroatoms. The molecular weight excluding hydrogens is 218 g/mol. The van der Waals surface area contributed by atoms with Crippen LogP contribution >= 0.6 is 0 Å². The second-order valence-corrected chi connectivity index (χ2v) is 6.34. The first-order valence-corrected chi connectivity index (χ1v) is 6.72. The molecule has 0 heterocycles. The Hall–Kier alpha value is -0.620. The van der Waals surface area contributed by atoms with E-state index < -0.39 is 15.8 Å². The fraction of sp³-hybridized carbons (Fsp3) is 0.889. The zero-order valence-electron chi connectivity index (χ0n) is 9.19. The van der Waals surface area contributed by atoms with E-state index >= 15 is 0 Å². The summed E-state index contributed by atoms with van der Waals surface area (Å²) in [5.41, 5.74) is 0. The van der Waals surface area contributed by atoms with Gasteiger partial charge in [-0.3, -0.25) is 4.79 Å². The highest BCUT2D eigenvalue weighted by atomic mass is 32.2. The Morgan fingerprint density at radius 3 is 2.40 bits per heavy atom. The number of rotatable bonds is 8. The quantitative estimate of drug-likeness (QED) is 0.592. The van der Waals surface area contributed by atoms with Crippen LogP contribution in [0.25, 0.3) is 0 Å². The summed E-state index contributed by atoms with van der Waals surface area (Å²) in [4.78, 5) is 10.2. The molecule has 0 radical (unpaired) electrons. The van der Waals surface area contributed by atoms with Crippen LogP contribution in [0.4, 0.5) is 0 Å². The number of sulfone groups is 1. The van der Waals surface area contributed by atoms with Crippen LogP contribution in [0.1, 0.15) is 26.7 Å². The molecule has 0 aliphatic carbocycles. The molecule has 0 aromatic rings. The van der Waals surface area contributed by atoms with Gasteiger partial charge in [-0.25, -0.2) is 8.42 Å². The molecule has 0 aliphatic heterocycles. The maximum absolute atomic E-state index is 11.3. The molecule has 0 amide bonds. The molecule has 15 heavy (non-hydrogen) atoms. The molecule has 0 bridgehead atoms. The summed E-state index contributed by atoms with van der Waals surface area (Å²) >= 11 is 0. The van der Waals surface area contributed by atoms with Gasteiger partial charge in [0.15, 0.2) is 9.84 Å². The van der Waals surface area contributed by atoms with Gasteiger partial charge >= 0.3 is 5.97 Å². The minimum absolute atomic E-state index is 0.109. The second kappa shape index (κ2) is 6.79. The predicted molar refractivity (Wildman–Crippen MR) is 58.7 cm³/mol. The number of hydrogen-bond donors (Lipinski definition) is 2. The van der Waals surface area contributed by atoms with Crippen LogP contribution in [0.3, 0.4) is 0 Å². The molecule has 0 saturated heterocycles. The summed E-state index contributed by atoms with van der Waals surface area (Å²) in [5, 5.41) is 10.9. The number of nitrogens with one attached hydrogen (secondary N) is 1. The summed E-state index contributed by atoms with van der Waals surface area (Å²) in [6.45, 7) is 4.24. The third kappa shape index (κ3) is 7.33. The van der Waals surface area contributed by atoms with Crippen LogP contribution in [0.5, 0.6) is 0 Å². The maximum Gasteiger partial charge on any atom is 0.303 e. The van der Waals surface area contributed by atoms with Crippen LogP contribution < -0.4 is 5.32 Å². The topological polar surface area (TPSA) is 83.5 Å². The second-order valence-electron chi connectivity index (χ2n) is 3.66. The molecule has 0 aromatic heterocycles. The highest BCUT2D eigenvalue weighted by Gasteiger charge is 2.14. The van der Waals surface area contributed by atoms with Crippen molar-refractivity contribution >= 4 is 15.8 Å². The van der Waals surface area contributed by atoms with Crippen molar-refractivity contribution < 1.29 is 18.3 Å². The first kappa shape index (κ1) is 14.4. The van der Waals surface area contributed by atoms with Crippen molar-refractivity contribution in [3.8, 4) is 0 Å². The van der Waals surface area contributed by atoms with Crippen molar-refractivity contribution in [2.75, 3.05) is 18.8 Å². The standard InChI is InChI=1S/C9H19NO4S/c1-8(2)15(13,14)7-6-10-5-3-4-9(11)12/h8,10H,3-7H2,1-2H3,(H,11,12). The Bertz CT molecular complexity index is 284. The maximum atomic E-state index is 11.3. The van der Waals surface area contributed by atoms with Gasteiger partial charge in [0.2, 0.25) is 0 Å². The lowest BCUT2D eigenvalue weighted by Gasteiger charge is -2.07. The summed E-state index contributed by atoms with van der Waals surface area (Å²) in [6, 6.07) is 0. The molecule has 2 N–H and O–H groups in total.